The molecule has 116 valence electrons. The second kappa shape index (κ2) is 6.76. The Morgan fingerprint density at radius 2 is 2.05 bits per heavy atom. The maximum absolute atomic E-state index is 12.3. The number of halogens is 2. The molecule has 1 aromatic carbocycles. The van der Waals surface area contributed by atoms with Gasteiger partial charge in [0.1, 0.15) is 6.54 Å². The molecule has 2 aromatic rings. The van der Waals surface area contributed by atoms with Crippen LogP contribution >= 0.6 is 23.2 Å². The van der Waals surface area contributed by atoms with Crippen LogP contribution in [0.1, 0.15) is 6.92 Å². The Balaban J connectivity index is 2.30. The summed E-state index contributed by atoms with van der Waals surface area (Å²) in [6, 6.07) is 2.28. The summed E-state index contributed by atoms with van der Waals surface area (Å²) in [4.78, 5) is 39.3. The Kier molecular flexibility index (Phi) is 4.99. The number of hydrogen-bond acceptors (Lipinski definition) is 4. The van der Waals surface area contributed by atoms with Gasteiger partial charge < -0.3 is 5.32 Å². The van der Waals surface area contributed by atoms with Crippen molar-refractivity contribution in [3.63, 3.8) is 0 Å². The highest BCUT2D eigenvalue weighted by atomic mass is 35.5. The van der Waals surface area contributed by atoms with E-state index in [0.29, 0.717) is 17.1 Å². The van der Waals surface area contributed by atoms with Crippen LogP contribution in [-0.4, -0.2) is 28.0 Å². The zero-order chi connectivity index (χ0) is 16.3. The first-order valence-electron chi connectivity index (χ1n) is 6.34. The molecule has 0 bridgehead atoms. The van der Waals surface area contributed by atoms with Gasteiger partial charge in [0.2, 0.25) is 5.91 Å². The molecule has 0 aliphatic rings. The largest absolute Gasteiger partial charge is 0.338 e. The standard InChI is InChI=1S/C13H12Cl2N4O3/c1-2-16-13(22)18-10(20)5-19-6-17-11-8(12(19)21)3-7(14)4-9(11)15/h3-4,6H,2,5H2,1H3,(H2,16,18,20,22). The summed E-state index contributed by atoms with van der Waals surface area (Å²) >= 11 is 11.8. The highest BCUT2D eigenvalue weighted by Gasteiger charge is 2.12. The van der Waals surface area contributed by atoms with Crippen LogP contribution in [-0.2, 0) is 11.3 Å². The van der Waals surface area contributed by atoms with Gasteiger partial charge in [-0.1, -0.05) is 23.2 Å². The van der Waals surface area contributed by atoms with E-state index in [9.17, 15) is 14.4 Å². The van der Waals surface area contributed by atoms with Crippen molar-refractivity contribution in [1.82, 2.24) is 20.2 Å². The third kappa shape index (κ3) is 3.55. The van der Waals surface area contributed by atoms with Gasteiger partial charge in [0.25, 0.3) is 5.56 Å². The van der Waals surface area contributed by atoms with Crippen LogP contribution in [0.25, 0.3) is 10.9 Å². The van der Waals surface area contributed by atoms with Gasteiger partial charge in [0.15, 0.2) is 0 Å². The first-order chi connectivity index (χ1) is 10.4. The molecule has 2 N–H and O–H groups in total. The van der Waals surface area contributed by atoms with Crippen molar-refractivity contribution >= 4 is 46.0 Å². The molecular formula is C13H12Cl2N4O3. The van der Waals surface area contributed by atoms with E-state index in [1.807, 2.05) is 0 Å². The highest BCUT2D eigenvalue weighted by molar-refractivity contribution is 6.38. The normalized spacial score (nSPS) is 10.5. The highest BCUT2D eigenvalue weighted by Crippen LogP contribution is 2.23. The lowest BCUT2D eigenvalue weighted by Gasteiger charge is -2.08. The summed E-state index contributed by atoms with van der Waals surface area (Å²) in [6.45, 7) is 1.76. The molecule has 7 nitrogen and oxygen atoms in total. The predicted molar refractivity (Wildman–Crippen MR) is 83.2 cm³/mol. The smallest absolute Gasteiger partial charge is 0.321 e. The molecule has 0 unspecified atom stereocenters. The summed E-state index contributed by atoms with van der Waals surface area (Å²) in [5.74, 6) is -0.637. The zero-order valence-electron chi connectivity index (χ0n) is 11.5. The molecule has 0 radical (unpaired) electrons. The number of nitrogens with zero attached hydrogens (tertiary/aromatic N) is 2. The lowest BCUT2D eigenvalue weighted by Crippen LogP contribution is -2.42. The molecule has 1 heterocycles. The summed E-state index contributed by atoms with van der Waals surface area (Å²) < 4.78 is 1.07. The Morgan fingerprint density at radius 1 is 1.32 bits per heavy atom. The molecule has 1 aromatic heterocycles. The Labute approximate surface area is 135 Å². The van der Waals surface area contributed by atoms with E-state index < -0.39 is 17.5 Å². The maximum atomic E-state index is 12.3. The van der Waals surface area contributed by atoms with Crippen LogP contribution in [0, 0.1) is 0 Å². The third-order valence-corrected chi connectivity index (χ3v) is 3.26. The van der Waals surface area contributed by atoms with Crippen molar-refractivity contribution < 1.29 is 9.59 Å². The van der Waals surface area contributed by atoms with Crippen molar-refractivity contribution in [2.75, 3.05) is 6.54 Å². The van der Waals surface area contributed by atoms with Gasteiger partial charge in [-0.05, 0) is 19.1 Å². The van der Waals surface area contributed by atoms with Crippen molar-refractivity contribution in [3.05, 3.63) is 38.9 Å². The molecule has 22 heavy (non-hydrogen) atoms. The monoisotopic (exact) mass is 342 g/mol. The Hall–Kier alpha value is -2.12. The van der Waals surface area contributed by atoms with Crippen LogP contribution in [0.4, 0.5) is 4.79 Å². The van der Waals surface area contributed by atoms with Crippen LogP contribution in [0.2, 0.25) is 10.0 Å². The first kappa shape index (κ1) is 16.3. The SMILES string of the molecule is CCNC(=O)NC(=O)Cn1cnc2c(Cl)cc(Cl)cc2c1=O. The molecule has 3 amide bonds. The summed E-state index contributed by atoms with van der Waals surface area (Å²) in [6.07, 6.45) is 1.20. The fraction of sp³-hybridized carbons (Fsp3) is 0.231. The van der Waals surface area contributed by atoms with Crippen LogP contribution < -0.4 is 16.2 Å². The van der Waals surface area contributed by atoms with Gasteiger partial charge in [-0.3, -0.25) is 19.5 Å². The molecule has 0 fully saturated rings. The van der Waals surface area contributed by atoms with Crippen molar-refractivity contribution in [1.29, 1.82) is 0 Å². The first-order valence-corrected chi connectivity index (χ1v) is 7.10. The van der Waals surface area contributed by atoms with Gasteiger partial charge in [0.05, 0.1) is 22.3 Å². The fourth-order valence-corrected chi connectivity index (χ4v) is 2.38. The second-order valence-corrected chi connectivity index (χ2v) is 5.21. The fourth-order valence-electron chi connectivity index (χ4n) is 1.83. The lowest BCUT2D eigenvalue weighted by molar-refractivity contribution is -0.120. The summed E-state index contributed by atoms with van der Waals surface area (Å²) in [5.41, 5.74) is -0.170. The van der Waals surface area contributed by atoms with Crippen LogP contribution in [0.3, 0.4) is 0 Å². The molecule has 0 aliphatic carbocycles. The van der Waals surface area contributed by atoms with E-state index in [1.54, 1.807) is 6.92 Å². The Morgan fingerprint density at radius 3 is 2.73 bits per heavy atom. The van der Waals surface area contributed by atoms with Gasteiger partial charge in [-0.15, -0.1) is 0 Å². The van der Waals surface area contributed by atoms with Gasteiger partial charge in [-0.2, -0.15) is 0 Å². The number of aromatic nitrogens is 2. The number of urea groups is 1. The van der Waals surface area contributed by atoms with Gasteiger partial charge in [0, 0.05) is 11.6 Å². The number of benzene rings is 1. The van der Waals surface area contributed by atoms with E-state index in [1.165, 1.54) is 18.5 Å². The minimum absolute atomic E-state index is 0.200. The number of imide groups is 1. The minimum atomic E-state index is -0.637. The molecule has 0 atom stereocenters. The molecule has 2 rings (SSSR count). The zero-order valence-corrected chi connectivity index (χ0v) is 13.0. The second-order valence-electron chi connectivity index (χ2n) is 4.37. The molecular weight excluding hydrogens is 331 g/mol. The molecule has 0 aliphatic heterocycles. The average Bonchev–Trinajstić information content (AvgIpc) is 2.42. The lowest BCUT2D eigenvalue weighted by atomic mass is 10.2. The quantitative estimate of drug-likeness (QED) is 0.884. The molecule has 0 saturated heterocycles. The van der Waals surface area contributed by atoms with E-state index >= 15 is 0 Å². The van der Waals surface area contributed by atoms with Crippen molar-refractivity contribution in [2.24, 2.45) is 0 Å². The van der Waals surface area contributed by atoms with Crippen molar-refractivity contribution in [3.8, 4) is 0 Å². The van der Waals surface area contributed by atoms with E-state index in [2.05, 4.69) is 15.6 Å². The number of hydrogen-bond donors (Lipinski definition) is 2. The number of fused-ring (bicyclic) bond motifs is 1. The Bertz CT molecular complexity index is 804. The van der Waals surface area contributed by atoms with Crippen LogP contribution in [0.5, 0.6) is 0 Å². The van der Waals surface area contributed by atoms with Gasteiger partial charge in [-0.25, -0.2) is 9.78 Å². The number of nitrogens with one attached hydrogen (secondary N) is 2. The summed E-state index contributed by atoms with van der Waals surface area (Å²) in [5, 5.41) is 5.25. The molecule has 0 spiro atoms. The topological polar surface area (TPSA) is 93.1 Å². The number of rotatable bonds is 3. The number of carbonyl (C=O) groups excluding carboxylic acids is 2. The molecule has 9 heteroatoms. The van der Waals surface area contributed by atoms with Crippen molar-refractivity contribution in [2.45, 2.75) is 13.5 Å². The van der Waals surface area contributed by atoms with Crippen LogP contribution in [0.15, 0.2) is 23.3 Å². The van der Waals surface area contributed by atoms with Gasteiger partial charge >= 0.3 is 6.03 Å². The van der Waals surface area contributed by atoms with E-state index in [-0.39, 0.29) is 17.0 Å². The number of amides is 3. The van der Waals surface area contributed by atoms with E-state index in [0.717, 1.165) is 4.57 Å². The maximum Gasteiger partial charge on any atom is 0.321 e. The molecule has 0 saturated carbocycles. The van der Waals surface area contributed by atoms with E-state index in [4.69, 9.17) is 23.2 Å². The third-order valence-electron chi connectivity index (χ3n) is 2.75. The minimum Gasteiger partial charge on any atom is -0.338 e. The predicted octanol–water partition coefficient (Wildman–Crippen LogP) is 1.55. The summed E-state index contributed by atoms with van der Waals surface area (Å²) in [7, 11) is 0. The number of carbonyl (C=O) groups is 2. The average molecular weight is 343 g/mol.